The number of likely N-dealkylation sites (N-methyl/N-ethyl adjacent to an activating group) is 1. The third kappa shape index (κ3) is 6.89. The first-order chi connectivity index (χ1) is 17.1. The van der Waals surface area contributed by atoms with E-state index in [1.165, 1.54) is 12.8 Å². The molecule has 2 aromatic rings. The molecule has 0 spiro atoms. The smallest absolute Gasteiger partial charge is 0.257 e. The SMILES string of the molecule is CCN(CC)CCNC(=O)COc1ccc(-c2ccc3c(c2)OCO3)cc1CN1CCC[C@H](C)C1. The molecule has 0 aliphatic carbocycles. The summed E-state index contributed by atoms with van der Waals surface area (Å²) >= 11 is 0. The Balaban J connectivity index is 1.45. The second kappa shape index (κ2) is 12.3. The van der Waals surface area contributed by atoms with Crippen molar-refractivity contribution in [2.45, 2.75) is 40.2 Å². The number of carbonyl (C=O) groups excluding carboxylic acids is 1. The molecule has 2 aliphatic rings. The van der Waals surface area contributed by atoms with Crippen molar-refractivity contribution in [3.05, 3.63) is 42.0 Å². The summed E-state index contributed by atoms with van der Waals surface area (Å²) in [5.41, 5.74) is 3.27. The first kappa shape index (κ1) is 25.3. The number of nitrogens with one attached hydrogen (secondary N) is 1. The maximum atomic E-state index is 12.4. The molecule has 4 rings (SSSR count). The molecule has 0 bridgehead atoms. The largest absolute Gasteiger partial charge is 0.483 e. The lowest BCUT2D eigenvalue weighted by Gasteiger charge is -2.31. The number of nitrogens with zero attached hydrogens (tertiary/aromatic N) is 2. The predicted molar refractivity (Wildman–Crippen MR) is 138 cm³/mol. The zero-order valence-electron chi connectivity index (χ0n) is 21.3. The number of piperidine rings is 1. The summed E-state index contributed by atoms with van der Waals surface area (Å²) in [5.74, 6) is 2.93. The van der Waals surface area contributed by atoms with E-state index >= 15 is 0 Å². The van der Waals surface area contributed by atoms with Gasteiger partial charge in [0.05, 0.1) is 0 Å². The van der Waals surface area contributed by atoms with Gasteiger partial charge in [-0.2, -0.15) is 0 Å². The number of benzene rings is 2. The Labute approximate surface area is 209 Å². The molecule has 1 fully saturated rings. The van der Waals surface area contributed by atoms with Crippen LogP contribution < -0.4 is 19.5 Å². The van der Waals surface area contributed by atoms with Gasteiger partial charge in [0.25, 0.3) is 5.91 Å². The highest BCUT2D eigenvalue weighted by Gasteiger charge is 2.20. The number of hydrogen-bond acceptors (Lipinski definition) is 6. The van der Waals surface area contributed by atoms with E-state index in [0.717, 1.165) is 73.2 Å². The van der Waals surface area contributed by atoms with Crippen molar-refractivity contribution in [1.29, 1.82) is 0 Å². The lowest BCUT2D eigenvalue weighted by atomic mass is 9.98. The number of fused-ring (bicyclic) bond motifs is 1. The van der Waals surface area contributed by atoms with Crippen LogP contribution in [0.5, 0.6) is 17.2 Å². The summed E-state index contributed by atoms with van der Waals surface area (Å²) in [4.78, 5) is 17.2. The summed E-state index contributed by atoms with van der Waals surface area (Å²) in [5, 5.41) is 2.98. The van der Waals surface area contributed by atoms with Crippen LogP contribution in [0.25, 0.3) is 11.1 Å². The van der Waals surface area contributed by atoms with Crippen molar-refractivity contribution in [2.75, 3.05) is 52.7 Å². The third-order valence-corrected chi connectivity index (χ3v) is 6.90. The molecular weight excluding hydrogens is 442 g/mol. The minimum Gasteiger partial charge on any atom is -0.483 e. The number of carbonyl (C=O) groups is 1. The first-order valence-electron chi connectivity index (χ1n) is 12.9. The molecule has 7 nitrogen and oxygen atoms in total. The summed E-state index contributed by atoms with van der Waals surface area (Å²) in [6.07, 6.45) is 2.50. The molecule has 7 heteroatoms. The second-order valence-electron chi connectivity index (χ2n) is 9.54. The lowest BCUT2D eigenvalue weighted by Crippen LogP contribution is -2.37. The molecule has 2 aliphatic heterocycles. The van der Waals surface area contributed by atoms with E-state index in [1.54, 1.807) is 0 Å². The second-order valence-corrected chi connectivity index (χ2v) is 9.54. The molecular formula is C28H39N3O4. The van der Waals surface area contributed by atoms with Gasteiger partial charge in [-0.05, 0) is 73.8 Å². The van der Waals surface area contributed by atoms with E-state index in [1.807, 2.05) is 24.3 Å². The van der Waals surface area contributed by atoms with Gasteiger partial charge < -0.3 is 24.4 Å². The Bertz CT molecular complexity index is 992. The quantitative estimate of drug-likeness (QED) is 0.520. The molecule has 0 saturated carbocycles. The van der Waals surface area contributed by atoms with Crippen molar-refractivity contribution >= 4 is 5.91 Å². The zero-order chi connectivity index (χ0) is 24.6. The highest BCUT2D eigenvalue weighted by Crippen LogP contribution is 2.37. The maximum Gasteiger partial charge on any atom is 0.257 e. The van der Waals surface area contributed by atoms with E-state index < -0.39 is 0 Å². The van der Waals surface area contributed by atoms with Crippen molar-refractivity contribution in [3.63, 3.8) is 0 Å². The maximum absolute atomic E-state index is 12.4. The van der Waals surface area contributed by atoms with Gasteiger partial charge in [0.1, 0.15) is 5.75 Å². The van der Waals surface area contributed by atoms with Crippen LogP contribution in [0.1, 0.15) is 39.2 Å². The Hall–Kier alpha value is -2.77. The number of rotatable bonds is 11. The molecule has 190 valence electrons. The van der Waals surface area contributed by atoms with Gasteiger partial charge in [-0.15, -0.1) is 0 Å². The van der Waals surface area contributed by atoms with Crippen LogP contribution in [0.15, 0.2) is 36.4 Å². The van der Waals surface area contributed by atoms with E-state index in [9.17, 15) is 4.79 Å². The monoisotopic (exact) mass is 481 g/mol. The average molecular weight is 482 g/mol. The van der Waals surface area contributed by atoms with Crippen LogP contribution in [-0.2, 0) is 11.3 Å². The standard InChI is InChI=1S/C28H39N3O4/c1-4-30(5-2)14-12-29-28(32)19-33-25-10-8-22(23-9-11-26-27(16-23)35-20-34-26)15-24(25)18-31-13-6-7-21(3)17-31/h8-11,15-16,21H,4-7,12-14,17-20H2,1-3H3,(H,29,32)/t21-/m0/s1. The van der Waals surface area contributed by atoms with Gasteiger partial charge in [-0.25, -0.2) is 0 Å². The summed E-state index contributed by atoms with van der Waals surface area (Å²) in [7, 11) is 0. The van der Waals surface area contributed by atoms with E-state index in [-0.39, 0.29) is 19.3 Å². The fraction of sp³-hybridized carbons (Fsp3) is 0.536. The average Bonchev–Trinajstić information content (AvgIpc) is 3.34. The van der Waals surface area contributed by atoms with Gasteiger partial charge in [-0.3, -0.25) is 9.69 Å². The highest BCUT2D eigenvalue weighted by atomic mass is 16.7. The number of ether oxygens (including phenoxy) is 3. The molecule has 1 atom stereocenters. The topological polar surface area (TPSA) is 63.3 Å². The zero-order valence-corrected chi connectivity index (χ0v) is 21.3. The van der Waals surface area contributed by atoms with Crippen molar-refractivity contribution in [2.24, 2.45) is 5.92 Å². The summed E-state index contributed by atoms with van der Waals surface area (Å²) < 4.78 is 17.1. The molecule has 1 amide bonds. The van der Waals surface area contributed by atoms with Gasteiger partial charge in [0.15, 0.2) is 18.1 Å². The van der Waals surface area contributed by atoms with Gasteiger partial charge in [0, 0.05) is 31.7 Å². The molecule has 1 saturated heterocycles. The van der Waals surface area contributed by atoms with Crippen LogP contribution in [0, 0.1) is 5.92 Å². The molecule has 35 heavy (non-hydrogen) atoms. The molecule has 0 aromatic heterocycles. The summed E-state index contributed by atoms with van der Waals surface area (Å²) in [6, 6.07) is 12.3. The van der Waals surface area contributed by atoms with Crippen LogP contribution >= 0.6 is 0 Å². The fourth-order valence-corrected chi connectivity index (χ4v) is 4.86. The van der Waals surface area contributed by atoms with Gasteiger partial charge in [-0.1, -0.05) is 32.9 Å². The lowest BCUT2D eigenvalue weighted by molar-refractivity contribution is -0.123. The van der Waals surface area contributed by atoms with Crippen LogP contribution in [0.3, 0.4) is 0 Å². The fourth-order valence-electron chi connectivity index (χ4n) is 4.86. The number of amides is 1. The molecule has 2 heterocycles. The van der Waals surface area contributed by atoms with E-state index in [0.29, 0.717) is 12.5 Å². The van der Waals surface area contributed by atoms with Gasteiger partial charge >= 0.3 is 0 Å². The van der Waals surface area contributed by atoms with E-state index in [4.69, 9.17) is 14.2 Å². The van der Waals surface area contributed by atoms with Crippen molar-refractivity contribution in [1.82, 2.24) is 15.1 Å². The first-order valence-corrected chi connectivity index (χ1v) is 12.9. The minimum absolute atomic E-state index is 0.0189. The van der Waals surface area contributed by atoms with Gasteiger partial charge in [0.2, 0.25) is 6.79 Å². The van der Waals surface area contributed by atoms with E-state index in [2.05, 4.69) is 48.0 Å². The van der Waals surface area contributed by atoms with Crippen molar-refractivity contribution < 1.29 is 19.0 Å². The van der Waals surface area contributed by atoms with Crippen LogP contribution in [0.2, 0.25) is 0 Å². The predicted octanol–water partition coefficient (Wildman–Crippen LogP) is 4.15. The Morgan fingerprint density at radius 3 is 2.69 bits per heavy atom. The molecule has 2 aromatic carbocycles. The van der Waals surface area contributed by atoms with Crippen LogP contribution in [0.4, 0.5) is 0 Å². The molecule has 1 N–H and O–H groups in total. The summed E-state index contributed by atoms with van der Waals surface area (Å²) in [6.45, 7) is 13.3. The van der Waals surface area contributed by atoms with Crippen LogP contribution in [-0.4, -0.2) is 68.4 Å². The van der Waals surface area contributed by atoms with Crippen molar-refractivity contribution in [3.8, 4) is 28.4 Å². The molecule has 0 radical (unpaired) electrons. The number of hydrogen-bond donors (Lipinski definition) is 1. The Morgan fingerprint density at radius 1 is 1.11 bits per heavy atom. The normalized spacial score (nSPS) is 17.5. The Morgan fingerprint density at radius 2 is 1.89 bits per heavy atom. The minimum atomic E-state index is -0.0884. The number of likely N-dealkylation sites (tertiary alicyclic amines) is 1. The highest BCUT2D eigenvalue weighted by molar-refractivity contribution is 5.77. The third-order valence-electron chi connectivity index (χ3n) is 6.90. The molecule has 0 unspecified atom stereocenters. The Kier molecular flexibility index (Phi) is 8.88.